The van der Waals surface area contributed by atoms with Crippen molar-refractivity contribution >= 4 is 39.5 Å². The van der Waals surface area contributed by atoms with Gasteiger partial charge in [-0.25, -0.2) is 19.7 Å². The van der Waals surface area contributed by atoms with Crippen molar-refractivity contribution < 1.29 is 23.4 Å². The molecule has 0 aliphatic carbocycles. The van der Waals surface area contributed by atoms with Crippen LogP contribution in [-0.2, 0) is 4.74 Å². The van der Waals surface area contributed by atoms with Crippen LogP contribution in [-0.4, -0.2) is 84.2 Å². The lowest BCUT2D eigenvalue weighted by Gasteiger charge is -2.41. The van der Waals surface area contributed by atoms with Crippen molar-refractivity contribution in [3.05, 3.63) is 66.5 Å². The number of benzene rings is 2. The van der Waals surface area contributed by atoms with E-state index in [-0.39, 0.29) is 12.1 Å². The van der Waals surface area contributed by atoms with E-state index in [9.17, 15) is 13.9 Å². The lowest BCUT2D eigenvalue weighted by atomic mass is 10.0. The van der Waals surface area contributed by atoms with Crippen LogP contribution in [0.3, 0.4) is 0 Å². The molecule has 2 saturated heterocycles. The second-order valence-electron chi connectivity index (χ2n) is 12.7. The summed E-state index contributed by atoms with van der Waals surface area (Å²) >= 11 is 0. The number of pyridine rings is 1. The maximum absolute atomic E-state index is 12.7. The smallest absolute Gasteiger partial charge is 0.410 e. The molecule has 12 nitrogen and oxygen atoms in total. The van der Waals surface area contributed by atoms with Crippen LogP contribution >= 0.6 is 11.0 Å². The SMILES string of the molecule is Cc1ccc2c(N3CCN(C)S3(O)O)cccc2c1Oc1ncccc1-c1ccnc(NC2CCCN(C(=O)OC(C)(C)C)C2)n1. The van der Waals surface area contributed by atoms with Crippen LogP contribution in [0.1, 0.15) is 39.2 Å². The molecule has 4 heterocycles. The highest BCUT2D eigenvalue weighted by Gasteiger charge is 2.35. The molecule has 0 saturated carbocycles. The van der Waals surface area contributed by atoms with Crippen LogP contribution in [0.5, 0.6) is 11.6 Å². The van der Waals surface area contributed by atoms with Crippen molar-refractivity contribution in [1.82, 2.24) is 24.2 Å². The van der Waals surface area contributed by atoms with E-state index in [4.69, 9.17) is 14.5 Å². The number of nitrogens with zero attached hydrogens (tertiary/aromatic N) is 6. The van der Waals surface area contributed by atoms with E-state index in [1.54, 1.807) is 33.0 Å². The summed E-state index contributed by atoms with van der Waals surface area (Å²) in [4.78, 5) is 28.2. The van der Waals surface area contributed by atoms with E-state index in [1.165, 1.54) is 0 Å². The van der Waals surface area contributed by atoms with Crippen molar-refractivity contribution in [3.8, 4) is 22.9 Å². The van der Waals surface area contributed by atoms with Gasteiger partial charge in [0.05, 0.1) is 23.5 Å². The van der Waals surface area contributed by atoms with E-state index >= 15 is 0 Å². The average molecular weight is 648 g/mol. The quantitative estimate of drug-likeness (QED) is 0.201. The van der Waals surface area contributed by atoms with E-state index in [1.807, 2.05) is 76.2 Å². The van der Waals surface area contributed by atoms with Gasteiger partial charge in [0, 0.05) is 55.9 Å². The summed E-state index contributed by atoms with van der Waals surface area (Å²) in [5, 5.41) is 5.08. The maximum Gasteiger partial charge on any atom is 0.410 e. The van der Waals surface area contributed by atoms with E-state index in [0.717, 1.165) is 34.9 Å². The topological polar surface area (TPSA) is 136 Å². The molecule has 46 heavy (non-hydrogen) atoms. The molecular formula is C33H41N7O5S. The number of carbonyl (C=O) groups excluding carboxylic acids is 1. The summed E-state index contributed by atoms with van der Waals surface area (Å²) < 4.78 is 37.1. The third kappa shape index (κ3) is 6.54. The van der Waals surface area contributed by atoms with Crippen molar-refractivity contribution in [2.24, 2.45) is 0 Å². The molecule has 0 radical (unpaired) electrons. The van der Waals surface area contributed by atoms with E-state index in [0.29, 0.717) is 55.0 Å². The van der Waals surface area contributed by atoms with Gasteiger partial charge in [0.1, 0.15) is 11.4 Å². The van der Waals surface area contributed by atoms with Gasteiger partial charge in [-0.05, 0) is 70.4 Å². The summed E-state index contributed by atoms with van der Waals surface area (Å²) in [7, 11) is -1.38. The number of anilines is 2. The Morgan fingerprint density at radius 2 is 1.83 bits per heavy atom. The summed E-state index contributed by atoms with van der Waals surface area (Å²) in [6, 6.07) is 15.2. The monoisotopic (exact) mass is 647 g/mol. The number of fused-ring (bicyclic) bond motifs is 1. The molecule has 1 amide bonds. The fraction of sp³-hybridized carbons (Fsp3) is 0.394. The number of rotatable bonds is 6. The minimum absolute atomic E-state index is 0.0255. The Morgan fingerprint density at radius 3 is 2.59 bits per heavy atom. The average Bonchev–Trinajstić information content (AvgIpc) is 3.29. The number of amides is 1. The molecule has 2 aliphatic rings. The molecule has 244 valence electrons. The highest BCUT2D eigenvalue weighted by Crippen LogP contribution is 2.54. The Kier molecular flexibility index (Phi) is 8.68. The minimum atomic E-state index is -3.10. The molecule has 4 aromatic rings. The molecule has 3 N–H and O–H groups in total. The number of carbonyl (C=O) groups is 1. The zero-order chi connectivity index (χ0) is 32.6. The van der Waals surface area contributed by atoms with Crippen molar-refractivity contribution in [1.29, 1.82) is 0 Å². The summed E-state index contributed by atoms with van der Waals surface area (Å²) in [6.07, 6.45) is 4.77. The first-order chi connectivity index (χ1) is 21.9. The maximum atomic E-state index is 12.7. The largest absolute Gasteiger partial charge is 0.444 e. The van der Waals surface area contributed by atoms with Crippen LogP contribution in [0.4, 0.5) is 16.4 Å². The van der Waals surface area contributed by atoms with Crippen LogP contribution in [0, 0.1) is 6.92 Å². The van der Waals surface area contributed by atoms with Gasteiger partial charge in [-0.15, -0.1) is 0 Å². The van der Waals surface area contributed by atoms with Gasteiger partial charge in [-0.3, -0.25) is 13.4 Å². The number of hydrogen-bond donors (Lipinski definition) is 3. The first-order valence-electron chi connectivity index (χ1n) is 15.4. The Balaban J connectivity index is 1.26. The van der Waals surface area contributed by atoms with Crippen LogP contribution in [0.25, 0.3) is 22.0 Å². The molecule has 2 fully saturated rings. The molecule has 6 rings (SSSR count). The summed E-state index contributed by atoms with van der Waals surface area (Å²) in [5.41, 5.74) is 2.40. The van der Waals surface area contributed by atoms with Gasteiger partial charge in [0.15, 0.2) is 0 Å². The number of nitrogens with one attached hydrogen (secondary N) is 1. The van der Waals surface area contributed by atoms with Gasteiger partial charge in [0.2, 0.25) is 11.8 Å². The number of hydrogen-bond acceptors (Lipinski definition) is 11. The van der Waals surface area contributed by atoms with Crippen molar-refractivity contribution in [3.63, 3.8) is 0 Å². The van der Waals surface area contributed by atoms with Gasteiger partial charge in [-0.1, -0.05) is 35.2 Å². The number of likely N-dealkylation sites (N-methyl/N-ethyl adjacent to an activating group) is 1. The summed E-state index contributed by atoms with van der Waals surface area (Å²) in [6.45, 7) is 9.75. The number of aryl methyl sites for hydroxylation is 1. The van der Waals surface area contributed by atoms with Crippen LogP contribution in [0.2, 0.25) is 0 Å². The molecule has 1 unspecified atom stereocenters. The number of aromatic nitrogens is 3. The first kappa shape index (κ1) is 31.8. The molecule has 2 aromatic carbocycles. The zero-order valence-electron chi connectivity index (χ0n) is 26.8. The Bertz CT molecular complexity index is 1750. The molecule has 0 spiro atoms. The third-order valence-corrected chi connectivity index (χ3v) is 10.1. The van der Waals surface area contributed by atoms with Gasteiger partial charge in [-0.2, -0.15) is 4.31 Å². The third-order valence-electron chi connectivity index (χ3n) is 8.09. The van der Waals surface area contributed by atoms with Crippen LogP contribution < -0.4 is 14.4 Å². The number of piperidine rings is 1. The summed E-state index contributed by atoms with van der Waals surface area (Å²) in [5.74, 6) is 1.45. The molecule has 1 atom stereocenters. The minimum Gasteiger partial charge on any atom is -0.444 e. The van der Waals surface area contributed by atoms with E-state index < -0.39 is 16.6 Å². The lowest BCUT2D eigenvalue weighted by Crippen LogP contribution is -2.47. The highest BCUT2D eigenvalue weighted by atomic mass is 32.3. The molecular weight excluding hydrogens is 606 g/mol. The zero-order valence-corrected chi connectivity index (χ0v) is 27.6. The Labute approximate surface area is 271 Å². The second kappa shape index (κ2) is 12.6. The normalized spacial score (nSPS) is 19.2. The van der Waals surface area contributed by atoms with E-state index in [2.05, 4.69) is 15.3 Å². The van der Waals surface area contributed by atoms with Crippen molar-refractivity contribution in [2.45, 2.75) is 52.2 Å². The fourth-order valence-corrected chi connectivity index (χ4v) is 7.20. The molecule has 13 heteroatoms. The Hall–Kier alpha value is -4.17. The lowest BCUT2D eigenvalue weighted by molar-refractivity contribution is 0.0206. The van der Waals surface area contributed by atoms with Gasteiger partial charge >= 0.3 is 6.09 Å². The Morgan fingerprint density at radius 1 is 1.00 bits per heavy atom. The van der Waals surface area contributed by atoms with Gasteiger partial charge in [0.25, 0.3) is 0 Å². The molecule has 2 aliphatic heterocycles. The highest BCUT2D eigenvalue weighted by molar-refractivity contribution is 8.23. The predicted molar refractivity (Wildman–Crippen MR) is 181 cm³/mol. The standard InChI is InChI=1S/C33H41N7O5S/c1-22-13-14-24-25(10-6-12-28(24)40-20-19-38(5)46(40,42)43)29(22)44-30-26(11-7-16-34-30)27-15-17-35-31(37-27)36-23-9-8-18-39(21-23)32(41)45-33(2,3)4/h6-7,10-17,23,42-43H,8-9,18-21H2,1-5H3,(H,35,36,37). The van der Waals surface area contributed by atoms with Gasteiger partial charge < -0.3 is 19.7 Å². The number of likely N-dealkylation sites (tertiary alicyclic amines) is 1. The fourth-order valence-electron chi connectivity index (χ4n) is 5.78. The predicted octanol–water partition coefficient (Wildman–Crippen LogP) is 6.94. The second-order valence-corrected chi connectivity index (χ2v) is 14.7. The number of ether oxygens (including phenoxy) is 2. The molecule has 0 bridgehead atoms. The van der Waals surface area contributed by atoms with Crippen molar-refractivity contribution in [2.75, 3.05) is 42.8 Å². The molecule has 2 aromatic heterocycles. The first-order valence-corrected chi connectivity index (χ1v) is 16.9. The van der Waals surface area contributed by atoms with Crippen LogP contribution in [0.15, 0.2) is 60.9 Å².